The highest BCUT2D eigenvalue weighted by Crippen LogP contribution is 1.93. The molecule has 0 amide bonds. The van der Waals surface area contributed by atoms with Gasteiger partial charge in [-0.3, -0.25) is 0 Å². The molecule has 0 saturated carbocycles. The van der Waals surface area contributed by atoms with Gasteiger partial charge in [0.2, 0.25) is 5.76 Å². The van der Waals surface area contributed by atoms with Gasteiger partial charge in [-0.25, -0.2) is 4.79 Å². The Balaban J connectivity index is 3.74. The molecule has 52 valence electrons. The Morgan fingerprint density at radius 1 is 1.89 bits per heavy atom. The molecule has 0 saturated heterocycles. The SMILES string of the molecule is CCOC(=O)C(O)=CS. The molecule has 0 atom stereocenters. The fourth-order valence-corrected chi connectivity index (χ4v) is 0.363. The van der Waals surface area contributed by atoms with E-state index in [0.29, 0.717) is 0 Å². The first-order chi connectivity index (χ1) is 4.22. The zero-order chi connectivity index (χ0) is 7.28. The van der Waals surface area contributed by atoms with E-state index < -0.39 is 11.7 Å². The van der Waals surface area contributed by atoms with Crippen molar-refractivity contribution in [2.45, 2.75) is 6.92 Å². The van der Waals surface area contributed by atoms with Crippen molar-refractivity contribution < 1.29 is 14.6 Å². The first-order valence-electron chi connectivity index (χ1n) is 2.42. The molecule has 0 aliphatic rings. The first-order valence-corrected chi connectivity index (χ1v) is 2.94. The Morgan fingerprint density at radius 2 is 2.44 bits per heavy atom. The lowest BCUT2D eigenvalue weighted by atomic mass is 10.6. The Hall–Kier alpha value is -0.640. The van der Waals surface area contributed by atoms with Gasteiger partial charge in [0, 0.05) is 5.41 Å². The van der Waals surface area contributed by atoms with Crippen molar-refractivity contribution in [3.8, 4) is 0 Å². The number of hydrogen-bond acceptors (Lipinski definition) is 4. The summed E-state index contributed by atoms with van der Waals surface area (Å²) in [4.78, 5) is 10.4. The molecule has 0 radical (unpaired) electrons. The molecule has 0 aliphatic carbocycles. The van der Waals surface area contributed by atoms with E-state index in [1.54, 1.807) is 6.92 Å². The molecule has 0 aromatic heterocycles. The minimum atomic E-state index is -0.743. The van der Waals surface area contributed by atoms with Gasteiger partial charge in [-0.2, -0.15) is 0 Å². The fraction of sp³-hybridized carbons (Fsp3) is 0.400. The monoisotopic (exact) mass is 148 g/mol. The molecular formula is C5H8O3S. The normalized spacial score (nSPS) is 11.1. The number of aliphatic hydroxyl groups is 1. The van der Waals surface area contributed by atoms with Crippen LogP contribution in [0.25, 0.3) is 0 Å². The van der Waals surface area contributed by atoms with Crippen LogP contribution < -0.4 is 0 Å². The predicted molar refractivity (Wildman–Crippen MR) is 36.3 cm³/mol. The smallest absolute Gasteiger partial charge is 0.373 e. The van der Waals surface area contributed by atoms with Gasteiger partial charge in [-0.15, -0.1) is 12.6 Å². The second-order valence-electron chi connectivity index (χ2n) is 1.23. The van der Waals surface area contributed by atoms with Crippen LogP contribution in [-0.4, -0.2) is 17.7 Å². The molecule has 0 heterocycles. The second-order valence-corrected chi connectivity index (χ2v) is 1.49. The van der Waals surface area contributed by atoms with Gasteiger partial charge in [0.25, 0.3) is 0 Å². The van der Waals surface area contributed by atoms with E-state index in [0.717, 1.165) is 5.41 Å². The predicted octanol–water partition coefficient (Wildman–Crippen LogP) is 0.879. The summed E-state index contributed by atoms with van der Waals surface area (Å²) in [5.41, 5.74) is 0. The summed E-state index contributed by atoms with van der Waals surface area (Å²) in [5.74, 6) is -1.22. The Morgan fingerprint density at radius 3 is 2.78 bits per heavy atom. The molecule has 0 rings (SSSR count). The van der Waals surface area contributed by atoms with Crippen LogP contribution in [0.15, 0.2) is 11.2 Å². The van der Waals surface area contributed by atoms with Crippen LogP contribution in [0, 0.1) is 0 Å². The Bertz CT molecular complexity index is 130. The summed E-state index contributed by atoms with van der Waals surface area (Å²) in [6.07, 6.45) is 0. The lowest BCUT2D eigenvalue weighted by Crippen LogP contribution is -2.05. The quantitative estimate of drug-likeness (QED) is 0.264. The van der Waals surface area contributed by atoms with Crippen molar-refractivity contribution in [3.05, 3.63) is 11.2 Å². The van der Waals surface area contributed by atoms with Crippen LogP contribution in [0.2, 0.25) is 0 Å². The molecule has 0 bridgehead atoms. The average Bonchev–Trinajstić information content (AvgIpc) is 1.87. The minimum absolute atomic E-state index is 0.254. The lowest BCUT2D eigenvalue weighted by molar-refractivity contribution is -0.141. The summed E-state index contributed by atoms with van der Waals surface area (Å²) < 4.78 is 4.39. The van der Waals surface area contributed by atoms with E-state index in [9.17, 15) is 4.79 Å². The van der Waals surface area contributed by atoms with E-state index in [2.05, 4.69) is 17.4 Å². The molecule has 0 aromatic carbocycles. The zero-order valence-electron chi connectivity index (χ0n) is 5.00. The van der Waals surface area contributed by atoms with Crippen LogP contribution in [0.1, 0.15) is 6.92 Å². The van der Waals surface area contributed by atoms with Gasteiger partial charge in [0.15, 0.2) is 0 Å². The summed E-state index contributed by atoms with van der Waals surface area (Å²) in [7, 11) is 0. The Kier molecular flexibility index (Phi) is 3.96. The van der Waals surface area contributed by atoms with E-state index in [1.807, 2.05) is 0 Å². The number of rotatable bonds is 2. The van der Waals surface area contributed by atoms with Crippen molar-refractivity contribution in [1.82, 2.24) is 0 Å². The maximum atomic E-state index is 10.4. The topological polar surface area (TPSA) is 46.5 Å². The van der Waals surface area contributed by atoms with Crippen LogP contribution in [0.3, 0.4) is 0 Å². The highest BCUT2D eigenvalue weighted by atomic mass is 32.1. The highest BCUT2D eigenvalue weighted by Gasteiger charge is 2.04. The number of carbonyl (C=O) groups excluding carboxylic acids is 1. The molecule has 0 fully saturated rings. The summed E-state index contributed by atoms with van der Waals surface area (Å²) >= 11 is 3.53. The standard InChI is InChI=1S/C5H8O3S/c1-2-8-5(7)4(6)3-9/h3,6,9H,2H2,1H3. The number of hydrogen-bond donors (Lipinski definition) is 2. The molecule has 0 aromatic rings. The largest absolute Gasteiger partial charge is 0.501 e. The third-order valence-corrected chi connectivity index (χ3v) is 0.851. The molecule has 0 spiro atoms. The highest BCUT2D eigenvalue weighted by molar-refractivity contribution is 7.83. The number of carbonyl (C=O) groups is 1. The summed E-state index contributed by atoms with van der Waals surface area (Å²) in [6, 6.07) is 0. The Labute approximate surface area is 58.7 Å². The van der Waals surface area contributed by atoms with Crippen molar-refractivity contribution in [2.24, 2.45) is 0 Å². The molecule has 4 heteroatoms. The first kappa shape index (κ1) is 8.36. The molecule has 0 aliphatic heterocycles. The maximum absolute atomic E-state index is 10.4. The third kappa shape index (κ3) is 3.03. The van der Waals surface area contributed by atoms with Crippen LogP contribution in [0.4, 0.5) is 0 Å². The fourth-order valence-electron chi connectivity index (χ4n) is 0.258. The van der Waals surface area contributed by atoms with E-state index >= 15 is 0 Å². The molecule has 0 unspecified atom stereocenters. The van der Waals surface area contributed by atoms with Crippen LogP contribution in [0.5, 0.6) is 0 Å². The summed E-state index contributed by atoms with van der Waals surface area (Å²) in [6.45, 7) is 1.91. The van der Waals surface area contributed by atoms with E-state index in [4.69, 9.17) is 5.11 Å². The van der Waals surface area contributed by atoms with Crippen molar-refractivity contribution in [3.63, 3.8) is 0 Å². The van der Waals surface area contributed by atoms with Crippen molar-refractivity contribution in [2.75, 3.05) is 6.61 Å². The minimum Gasteiger partial charge on any atom is -0.501 e. The molecular weight excluding hydrogens is 140 g/mol. The molecule has 9 heavy (non-hydrogen) atoms. The number of aliphatic hydroxyl groups excluding tert-OH is 1. The lowest BCUT2D eigenvalue weighted by Gasteiger charge is -1.96. The van der Waals surface area contributed by atoms with Gasteiger partial charge >= 0.3 is 5.97 Å². The van der Waals surface area contributed by atoms with Crippen LogP contribution in [-0.2, 0) is 9.53 Å². The van der Waals surface area contributed by atoms with E-state index in [1.165, 1.54) is 0 Å². The third-order valence-electron chi connectivity index (χ3n) is 0.607. The van der Waals surface area contributed by atoms with Gasteiger partial charge < -0.3 is 9.84 Å². The summed E-state index contributed by atoms with van der Waals surface area (Å²) in [5, 5.41) is 9.55. The van der Waals surface area contributed by atoms with Gasteiger partial charge in [-0.1, -0.05) is 0 Å². The van der Waals surface area contributed by atoms with Gasteiger partial charge in [0.05, 0.1) is 6.61 Å². The molecule has 1 N–H and O–H groups in total. The second kappa shape index (κ2) is 4.26. The zero-order valence-corrected chi connectivity index (χ0v) is 5.89. The number of esters is 1. The van der Waals surface area contributed by atoms with Gasteiger partial charge in [-0.05, 0) is 6.92 Å². The average molecular weight is 148 g/mol. The maximum Gasteiger partial charge on any atom is 0.373 e. The van der Waals surface area contributed by atoms with Crippen molar-refractivity contribution >= 4 is 18.6 Å². The molecule has 3 nitrogen and oxygen atoms in total. The van der Waals surface area contributed by atoms with Crippen molar-refractivity contribution in [1.29, 1.82) is 0 Å². The van der Waals surface area contributed by atoms with Crippen LogP contribution >= 0.6 is 12.6 Å². The number of ether oxygens (including phenoxy) is 1. The number of thiol groups is 1. The van der Waals surface area contributed by atoms with Gasteiger partial charge in [0.1, 0.15) is 0 Å². The van der Waals surface area contributed by atoms with E-state index in [-0.39, 0.29) is 6.61 Å².